The zero-order valence-electron chi connectivity index (χ0n) is 13.8. The minimum Gasteiger partial charge on any atom is -0.383 e. The van der Waals surface area contributed by atoms with Crippen LogP contribution in [0.2, 0.25) is 0 Å². The summed E-state index contributed by atoms with van der Waals surface area (Å²) in [6, 6.07) is 11.7. The Labute approximate surface area is 141 Å². The molecule has 1 atom stereocenters. The average Bonchev–Trinajstić information content (AvgIpc) is 3.09. The zero-order valence-corrected chi connectivity index (χ0v) is 13.8. The molecule has 0 aliphatic rings. The third kappa shape index (κ3) is 3.84. The van der Waals surface area contributed by atoms with E-state index in [0.29, 0.717) is 13.2 Å². The Morgan fingerprint density at radius 3 is 2.83 bits per heavy atom. The first kappa shape index (κ1) is 16.3. The van der Waals surface area contributed by atoms with Crippen LogP contribution in [0.15, 0.2) is 59.5 Å². The normalized spacial score (nSPS) is 12.5. The van der Waals surface area contributed by atoms with Gasteiger partial charge in [-0.15, -0.1) is 0 Å². The number of nitrogens with zero attached hydrogens (tertiary/aromatic N) is 4. The molecular formula is C18H20N4O2. The Balaban J connectivity index is 1.73. The van der Waals surface area contributed by atoms with Crippen LogP contribution in [0.3, 0.4) is 0 Å². The van der Waals surface area contributed by atoms with Crippen molar-refractivity contribution in [1.29, 1.82) is 0 Å². The standard InChI is InChI=1S/C18H20N4O2/c1-22(18(13-23-2)16-7-3-4-9-20-16)12-15-10-17(21-24-15)14-6-5-8-19-11-14/h3-11,18H,12-13H2,1-2H3. The van der Waals surface area contributed by atoms with E-state index >= 15 is 0 Å². The van der Waals surface area contributed by atoms with E-state index in [9.17, 15) is 0 Å². The Morgan fingerprint density at radius 2 is 2.12 bits per heavy atom. The molecule has 3 heterocycles. The summed E-state index contributed by atoms with van der Waals surface area (Å²) < 4.78 is 10.8. The molecule has 3 aromatic rings. The predicted molar refractivity (Wildman–Crippen MR) is 90.1 cm³/mol. The maximum Gasteiger partial charge on any atom is 0.151 e. The summed E-state index contributed by atoms with van der Waals surface area (Å²) in [6.07, 6.45) is 5.30. The van der Waals surface area contributed by atoms with Crippen molar-refractivity contribution in [2.24, 2.45) is 0 Å². The van der Waals surface area contributed by atoms with Gasteiger partial charge in [0.2, 0.25) is 0 Å². The first-order chi connectivity index (χ1) is 11.8. The van der Waals surface area contributed by atoms with Crippen LogP contribution >= 0.6 is 0 Å². The number of pyridine rings is 2. The minimum atomic E-state index is 0.0446. The van der Waals surface area contributed by atoms with Crippen molar-refractivity contribution < 1.29 is 9.26 Å². The van der Waals surface area contributed by atoms with E-state index in [4.69, 9.17) is 9.26 Å². The molecule has 0 fully saturated rings. The van der Waals surface area contributed by atoms with Crippen LogP contribution in [0, 0.1) is 0 Å². The first-order valence-electron chi connectivity index (χ1n) is 7.74. The predicted octanol–water partition coefficient (Wildman–Crippen LogP) is 2.95. The highest BCUT2D eigenvalue weighted by atomic mass is 16.5. The number of ether oxygens (including phenoxy) is 1. The lowest BCUT2D eigenvalue weighted by Gasteiger charge is -2.25. The van der Waals surface area contributed by atoms with Gasteiger partial charge in [-0.2, -0.15) is 0 Å². The molecule has 6 heteroatoms. The second-order valence-electron chi connectivity index (χ2n) is 5.56. The van der Waals surface area contributed by atoms with Crippen molar-refractivity contribution in [3.8, 4) is 11.3 Å². The van der Waals surface area contributed by atoms with E-state index in [1.807, 2.05) is 43.4 Å². The molecule has 1 unspecified atom stereocenters. The lowest BCUT2D eigenvalue weighted by molar-refractivity contribution is 0.0944. The van der Waals surface area contributed by atoms with Gasteiger partial charge in [0.25, 0.3) is 0 Å². The van der Waals surface area contributed by atoms with Crippen molar-refractivity contribution >= 4 is 0 Å². The van der Waals surface area contributed by atoms with Gasteiger partial charge in [-0.25, -0.2) is 0 Å². The smallest absolute Gasteiger partial charge is 0.151 e. The van der Waals surface area contributed by atoms with Gasteiger partial charge in [-0.3, -0.25) is 14.9 Å². The van der Waals surface area contributed by atoms with Crippen molar-refractivity contribution in [3.05, 3.63) is 66.4 Å². The molecule has 0 aliphatic carbocycles. The SMILES string of the molecule is COCC(c1ccccn1)N(C)Cc1cc(-c2cccnc2)no1. The van der Waals surface area contributed by atoms with Gasteiger partial charge in [0.05, 0.1) is 24.9 Å². The summed E-state index contributed by atoms with van der Waals surface area (Å²) >= 11 is 0. The second-order valence-corrected chi connectivity index (χ2v) is 5.56. The summed E-state index contributed by atoms with van der Waals surface area (Å²) in [5, 5.41) is 4.13. The molecule has 0 aromatic carbocycles. The molecule has 0 radical (unpaired) electrons. The molecule has 3 rings (SSSR count). The highest BCUT2D eigenvalue weighted by molar-refractivity contribution is 5.57. The maximum atomic E-state index is 5.47. The summed E-state index contributed by atoms with van der Waals surface area (Å²) in [6.45, 7) is 1.16. The van der Waals surface area contributed by atoms with Gasteiger partial charge >= 0.3 is 0 Å². The van der Waals surface area contributed by atoms with Crippen molar-refractivity contribution in [3.63, 3.8) is 0 Å². The van der Waals surface area contributed by atoms with Crippen LogP contribution in [0.25, 0.3) is 11.3 Å². The second kappa shape index (κ2) is 7.81. The number of hydrogen-bond donors (Lipinski definition) is 0. The van der Waals surface area contributed by atoms with E-state index in [2.05, 4.69) is 20.0 Å². The van der Waals surface area contributed by atoms with Crippen LogP contribution in [-0.4, -0.2) is 40.8 Å². The van der Waals surface area contributed by atoms with E-state index in [1.165, 1.54) is 0 Å². The number of hydrogen-bond acceptors (Lipinski definition) is 6. The van der Waals surface area contributed by atoms with Gasteiger partial charge in [-0.1, -0.05) is 11.2 Å². The van der Waals surface area contributed by atoms with Crippen LogP contribution in [0.4, 0.5) is 0 Å². The Bertz CT molecular complexity index is 746. The molecular weight excluding hydrogens is 304 g/mol. The summed E-state index contributed by atoms with van der Waals surface area (Å²) in [7, 11) is 3.71. The summed E-state index contributed by atoms with van der Waals surface area (Å²) in [4.78, 5) is 10.7. The minimum absolute atomic E-state index is 0.0446. The molecule has 0 saturated heterocycles. The largest absolute Gasteiger partial charge is 0.383 e. The Morgan fingerprint density at radius 1 is 1.21 bits per heavy atom. The highest BCUT2D eigenvalue weighted by Gasteiger charge is 2.20. The molecule has 0 amide bonds. The molecule has 3 aromatic heterocycles. The zero-order chi connectivity index (χ0) is 16.8. The quantitative estimate of drug-likeness (QED) is 0.666. The van der Waals surface area contributed by atoms with Crippen molar-refractivity contribution in [1.82, 2.24) is 20.0 Å². The maximum absolute atomic E-state index is 5.47. The Hall–Kier alpha value is -2.57. The first-order valence-corrected chi connectivity index (χ1v) is 7.74. The van der Waals surface area contributed by atoms with E-state index in [1.54, 1.807) is 25.7 Å². The average molecular weight is 324 g/mol. The summed E-state index contributed by atoms with van der Waals surface area (Å²) in [5.74, 6) is 0.786. The van der Waals surface area contributed by atoms with Gasteiger partial charge in [0.15, 0.2) is 5.76 Å². The van der Waals surface area contributed by atoms with Crippen LogP contribution in [0.5, 0.6) is 0 Å². The van der Waals surface area contributed by atoms with Gasteiger partial charge in [0, 0.05) is 37.3 Å². The van der Waals surface area contributed by atoms with Crippen LogP contribution in [-0.2, 0) is 11.3 Å². The monoisotopic (exact) mass is 324 g/mol. The van der Waals surface area contributed by atoms with Gasteiger partial charge < -0.3 is 9.26 Å². The van der Waals surface area contributed by atoms with E-state index < -0.39 is 0 Å². The molecule has 0 saturated carbocycles. The molecule has 124 valence electrons. The number of rotatable bonds is 7. The molecule has 24 heavy (non-hydrogen) atoms. The highest BCUT2D eigenvalue weighted by Crippen LogP contribution is 2.22. The van der Waals surface area contributed by atoms with Crippen LogP contribution < -0.4 is 0 Å². The Kier molecular flexibility index (Phi) is 5.30. The molecule has 0 N–H and O–H groups in total. The van der Waals surface area contributed by atoms with Crippen molar-refractivity contribution in [2.75, 3.05) is 20.8 Å². The number of methoxy groups -OCH3 is 1. The van der Waals surface area contributed by atoms with Gasteiger partial charge in [0.1, 0.15) is 5.69 Å². The molecule has 0 spiro atoms. The molecule has 0 aliphatic heterocycles. The topological polar surface area (TPSA) is 64.3 Å². The van der Waals surface area contributed by atoms with E-state index in [-0.39, 0.29) is 6.04 Å². The molecule has 0 bridgehead atoms. The van der Waals surface area contributed by atoms with E-state index in [0.717, 1.165) is 22.7 Å². The lowest BCUT2D eigenvalue weighted by Crippen LogP contribution is -2.28. The molecule has 6 nitrogen and oxygen atoms in total. The third-order valence-electron chi connectivity index (χ3n) is 3.81. The summed E-state index contributed by atoms with van der Waals surface area (Å²) in [5.41, 5.74) is 2.69. The fourth-order valence-corrected chi connectivity index (χ4v) is 2.56. The van der Waals surface area contributed by atoms with Gasteiger partial charge in [-0.05, 0) is 31.3 Å². The van der Waals surface area contributed by atoms with Crippen LogP contribution in [0.1, 0.15) is 17.5 Å². The number of aromatic nitrogens is 3. The third-order valence-corrected chi connectivity index (χ3v) is 3.81. The number of likely N-dealkylation sites (N-methyl/N-ethyl adjacent to an activating group) is 1. The lowest BCUT2D eigenvalue weighted by atomic mass is 10.1. The fourth-order valence-electron chi connectivity index (χ4n) is 2.56. The fraction of sp³-hybridized carbons (Fsp3) is 0.278. The van der Waals surface area contributed by atoms with Crippen molar-refractivity contribution in [2.45, 2.75) is 12.6 Å².